The Bertz CT molecular complexity index is 481. The minimum absolute atomic E-state index is 0.0155. The maximum Gasteiger partial charge on any atom is 0.317 e. The minimum Gasteiger partial charge on any atom is -0.480 e. The van der Waals surface area contributed by atoms with E-state index in [1.165, 1.54) is 0 Å². The molecular formula is C13H15N3O2. The Morgan fingerprint density at radius 1 is 1.56 bits per heavy atom. The van der Waals surface area contributed by atoms with Crippen LogP contribution < -0.4 is 10.2 Å². The van der Waals surface area contributed by atoms with Crippen LogP contribution in [0.2, 0.25) is 0 Å². The van der Waals surface area contributed by atoms with Gasteiger partial charge in [0, 0.05) is 19.1 Å². The molecule has 0 amide bonds. The van der Waals surface area contributed by atoms with Crippen molar-refractivity contribution in [2.24, 2.45) is 0 Å². The Morgan fingerprint density at radius 2 is 2.33 bits per heavy atom. The summed E-state index contributed by atoms with van der Waals surface area (Å²) in [5, 5.41) is 20.7. The normalized spacial score (nSPS) is 18.6. The molecule has 0 bridgehead atoms. The number of nitrogens with one attached hydrogen (secondary N) is 1. The van der Waals surface area contributed by atoms with Gasteiger partial charge in [0.15, 0.2) is 0 Å². The molecular weight excluding hydrogens is 230 g/mol. The summed E-state index contributed by atoms with van der Waals surface area (Å²) in [6.45, 7) is 1.57. The zero-order chi connectivity index (χ0) is 13.0. The van der Waals surface area contributed by atoms with E-state index in [-0.39, 0.29) is 12.6 Å². The summed E-state index contributed by atoms with van der Waals surface area (Å²) in [7, 11) is 0. The smallest absolute Gasteiger partial charge is 0.317 e. The number of nitriles is 1. The van der Waals surface area contributed by atoms with Crippen molar-refractivity contribution in [1.29, 1.82) is 5.26 Å². The molecule has 1 aromatic carbocycles. The van der Waals surface area contributed by atoms with Crippen LogP contribution in [0.3, 0.4) is 0 Å². The summed E-state index contributed by atoms with van der Waals surface area (Å²) in [6, 6.07) is 9.84. The number of anilines is 1. The van der Waals surface area contributed by atoms with Gasteiger partial charge in [0.2, 0.25) is 0 Å². The van der Waals surface area contributed by atoms with E-state index < -0.39 is 5.97 Å². The first-order valence-electron chi connectivity index (χ1n) is 5.90. The molecule has 0 radical (unpaired) electrons. The molecule has 94 valence electrons. The van der Waals surface area contributed by atoms with E-state index in [1.807, 2.05) is 18.2 Å². The maximum absolute atomic E-state index is 10.5. The number of carbonyl (C=O) groups is 1. The number of carboxylic acid groups (broad SMARTS) is 1. The third-order valence-corrected chi connectivity index (χ3v) is 3.10. The van der Waals surface area contributed by atoms with E-state index in [0.29, 0.717) is 5.56 Å². The van der Waals surface area contributed by atoms with Crippen molar-refractivity contribution < 1.29 is 9.90 Å². The standard InChI is InChI=1S/C13H15N3O2/c14-7-10-3-1-2-4-12(10)16-6-5-11(9-16)15-8-13(17)18/h1-4,11,15H,5-6,8-9H2,(H,17,18). The molecule has 0 aromatic heterocycles. The molecule has 1 aromatic rings. The molecule has 2 N–H and O–H groups in total. The first-order valence-corrected chi connectivity index (χ1v) is 5.90. The van der Waals surface area contributed by atoms with Crippen molar-refractivity contribution in [2.45, 2.75) is 12.5 Å². The van der Waals surface area contributed by atoms with Gasteiger partial charge in [-0.1, -0.05) is 12.1 Å². The van der Waals surface area contributed by atoms with Gasteiger partial charge in [-0.05, 0) is 18.6 Å². The maximum atomic E-state index is 10.5. The fraction of sp³-hybridized carbons (Fsp3) is 0.385. The summed E-state index contributed by atoms with van der Waals surface area (Å²) in [5.41, 5.74) is 1.59. The lowest BCUT2D eigenvalue weighted by Crippen LogP contribution is -2.36. The molecule has 2 rings (SSSR count). The highest BCUT2D eigenvalue weighted by molar-refractivity contribution is 5.69. The number of carboxylic acids is 1. The van der Waals surface area contributed by atoms with Crippen molar-refractivity contribution >= 4 is 11.7 Å². The first-order chi connectivity index (χ1) is 8.70. The molecule has 1 fully saturated rings. The molecule has 0 saturated carbocycles. The van der Waals surface area contributed by atoms with Crippen LogP contribution in [0.1, 0.15) is 12.0 Å². The van der Waals surface area contributed by atoms with Crippen molar-refractivity contribution in [2.75, 3.05) is 24.5 Å². The quantitative estimate of drug-likeness (QED) is 0.821. The SMILES string of the molecule is N#Cc1ccccc1N1CCC(NCC(=O)O)C1. The van der Waals surface area contributed by atoms with Gasteiger partial charge in [0.1, 0.15) is 6.07 Å². The number of rotatable bonds is 4. The van der Waals surface area contributed by atoms with Gasteiger partial charge in [-0.15, -0.1) is 0 Å². The third kappa shape index (κ3) is 2.79. The van der Waals surface area contributed by atoms with Gasteiger partial charge in [-0.25, -0.2) is 0 Å². The number of nitrogens with zero attached hydrogens (tertiary/aromatic N) is 2. The molecule has 1 aliphatic rings. The van der Waals surface area contributed by atoms with Gasteiger partial charge >= 0.3 is 5.97 Å². The molecule has 1 atom stereocenters. The van der Waals surface area contributed by atoms with Gasteiger partial charge in [0.05, 0.1) is 17.8 Å². The largest absolute Gasteiger partial charge is 0.480 e. The van der Waals surface area contributed by atoms with E-state index in [2.05, 4.69) is 16.3 Å². The Balaban J connectivity index is 2.00. The predicted octanol–water partition coefficient (Wildman–Crippen LogP) is 0.811. The average Bonchev–Trinajstić information content (AvgIpc) is 2.85. The molecule has 1 heterocycles. The van der Waals surface area contributed by atoms with Crippen LogP contribution in [0.4, 0.5) is 5.69 Å². The summed E-state index contributed by atoms with van der Waals surface area (Å²) in [5.74, 6) is -0.842. The second-order valence-electron chi connectivity index (χ2n) is 4.34. The van der Waals surface area contributed by atoms with Crippen LogP contribution in [0.25, 0.3) is 0 Å². The van der Waals surface area contributed by atoms with E-state index in [1.54, 1.807) is 6.07 Å². The number of aliphatic carboxylic acids is 1. The first kappa shape index (κ1) is 12.4. The average molecular weight is 245 g/mol. The highest BCUT2D eigenvalue weighted by Crippen LogP contribution is 2.23. The molecule has 18 heavy (non-hydrogen) atoms. The van der Waals surface area contributed by atoms with Crippen molar-refractivity contribution in [3.63, 3.8) is 0 Å². The number of hydrogen-bond donors (Lipinski definition) is 2. The topological polar surface area (TPSA) is 76.4 Å². The highest BCUT2D eigenvalue weighted by atomic mass is 16.4. The number of hydrogen-bond acceptors (Lipinski definition) is 4. The molecule has 5 heteroatoms. The van der Waals surface area contributed by atoms with E-state index in [9.17, 15) is 4.79 Å². The lowest BCUT2D eigenvalue weighted by atomic mass is 10.2. The molecule has 5 nitrogen and oxygen atoms in total. The Morgan fingerprint density at radius 3 is 3.06 bits per heavy atom. The van der Waals surface area contributed by atoms with Gasteiger partial charge in [-0.3, -0.25) is 4.79 Å². The van der Waals surface area contributed by atoms with Crippen molar-refractivity contribution in [3.8, 4) is 6.07 Å². The predicted molar refractivity (Wildman–Crippen MR) is 67.4 cm³/mol. The van der Waals surface area contributed by atoms with Gasteiger partial charge in [-0.2, -0.15) is 5.26 Å². The Labute approximate surface area is 106 Å². The van der Waals surface area contributed by atoms with Crippen LogP contribution in [0.15, 0.2) is 24.3 Å². The number of para-hydroxylation sites is 1. The van der Waals surface area contributed by atoms with Crippen LogP contribution in [-0.4, -0.2) is 36.8 Å². The fourth-order valence-electron chi connectivity index (χ4n) is 2.22. The molecule has 1 unspecified atom stereocenters. The van der Waals surface area contributed by atoms with Crippen LogP contribution >= 0.6 is 0 Å². The van der Waals surface area contributed by atoms with Gasteiger partial charge in [0.25, 0.3) is 0 Å². The highest BCUT2D eigenvalue weighted by Gasteiger charge is 2.24. The van der Waals surface area contributed by atoms with Crippen LogP contribution in [0, 0.1) is 11.3 Å². The Kier molecular flexibility index (Phi) is 3.80. The summed E-state index contributed by atoms with van der Waals surface area (Å²) in [6.07, 6.45) is 0.896. The summed E-state index contributed by atoms with van der Waals surface area (Å²) in [4.78, 5) is 12.6. The number of benzene rings is 1. The zero-order valence-electron chi connectivity index (χ0n) is 9.97. The van der Waals surface area contributed by atoms with Gasteiger partial charge < -0.3 is 15.3 Å². The minimum atomic E-state index is -0.842. The third-order valence-electron chi connectivity index (χ3n) is 3.10. The van der Waals surface area contributed by atoms with Crippen molar-refractivity contribution in [1.82, 2.24) is 5.32 Å². The second-order valence-corrected chi connectivity index (χ2v) is 4.34. The summed E-state index contributed by atoms with van der Waals surface area (Å²) < 4.78 is 0. The monoisotopic (exact) mass is 245 g/mol. The lowest BCUT2D eigenvalue weighted by molar-refractivity contribution is -0.136. The van der Waals surface area contributed by atoms with E-state index in [0.717, 1.165) is 25.2 Å². The van der Waals surface area contributed by atoms with E-state index in [4.69, 9.17) is 10.4 Å². The molecule has 1 aliphatic heterocycles. The van der Waals surface area contributed by atoms with Crippen LogP contribution in [-0.2, 0) is 4.79 Å². The Hall–Kier alpha value is -2.06. The molecule has 0 spiro atoms. The van der Waals surface area contributed by atoms with Crippen molar-refractivity contribution in [3.05, 3.63) is 29.8 Å². The zero-order valence-corrected chi connectivity index (χ0v) is 9.97. The van der Waals surface area contributed by atoms with Crippen LogP contribution in [0.5, 0.6) is 0 Å². The lowest BCUT2D eigenvalue weighted by Gasteiger charge is -2.19. The second kappa shape index (κ2) is 5.52. The van der Waals surface area contributed by atoms with E-state index >= 15 is 0 Å². The molecule has 1 saturated heterocycles. The fourth-order valence-corrected chi connectivity index (χ4v) is 2.22. The summed E-state index contributed by atoms with van der Waals surface area (Å²) >= 11 is 0. The molecule has 0 aliphatic carbocycles.